The second-order valence-corrected chi connectivity index (χ2v) is 4.30. The van der Waals surface area contributed by atoms with Crippen LogP contribution in [-0.2, 0) is 0 Å². The normalized spacial score (nSPS) is 10.5. The first-order valence-corrected chi connectivity index (χ1v) is 5.34. The topological polar surface area (TPSA) is 53.2 Å². The van der Waals surface area contributed by atoms with Gasteiger partial charge in [0, 0.05) is 19.5 Å². The van der Waals surface area contributed by atoms with E-state index in [2.05, 4.69) is 4.98 Å². The Labute approximate surface area is 98.9 Å². The molecule has 0 radical (unpaired) electrons. The zero-order valence-corrected chi connectivity index (χ0v) is 10.1. The van der Waals surface area contributed by atoms with E-state index in [4.69, 9.17) is 0 Å². The summed E-state index contributed by atoms with van der Waals surface area (Å²) >= 11 is 0. The molecule has 0 aliphatic rings. The van der Waals surface area contributed by atoms with Crippen LogP contribution in [0.15, 0.2) is 29.1 Å². The van der Waals surface area contributed by atoms with Gasteiger partial charge in [0.2, 0.25) is 0 Å². The van der Waals surface area contributed by atoms with Gasteiger partial charge in [0.25, 0.3) is 11.5 Å². The smallest absolute Gasteiger partial charge is 0.269 e. The number of hydrogen-bond acceptors (Lipinski definition) is 2. The SMILES string of the molecule is Cc1ccc2cc(C(=O)N(C)C)[nH]c(=O)c2c1. The summed E-state index contributed by atoms with van der Waals surface area (Å²) in [5, 5.41) is 1.39. The van der Waals surface area contributed by atoms with Crippen molar-refractivity contribution in [2.75, 3.05) is 14.1 Å². The van der Waals surface area contributed by atoms with Crippen molar-refractivity contribution in [2.45, 2.75) is 6.92 Å². The highest BCUT2D eigenvalue weighted by molar-refractivity contribution is 5.96. The van der Waals surface area contributed by atoms with Crippen LogP contribution in [0.2, 0.25) is 0 Å². The van der Waals surface area contributed by atoms with E-state index in [1.807, 2.05) is 25.1 Å². The van der Waals surface area contributed by atoms with Crippen LogP contribution in [-0.4, -0.2) is 29.9 Å². The van der Waals surface area contributed by atoms with Gasteiger partial charge in [0.05, 0.1) is 0 Å². The number of benzene rings is 1. The van der Waals surface area contributed by atoms with E-state index >= 15 is 0 Å². The second-order valence-electron chi connectivity index (χ2n) is 4.30. The van der Waals surface area contributed by atoms with Gasteiger partial charge in [-0.2, -0.15) is 0 Å². The molecule has 0 atom stereocenters. The standard InChI is InChI=1S/C13H14N2O2/c1-8-4-5-9-7-11(13(17)15(2)3)14-12(16)10(9)6-8/h4-7H,1-3H3,(H,14,16). The number of pyridine rings is 1. The Balaban J connectivity index is 2.68. The van der Waals surface area contributed by atoms with Gasteiger partial charge in [-0.3, -0.25) is 9.59 Å². The molecule has 1 heterocycles. The number of amides is 1. The summed E-state index contributed by atoms with van der Waals surface area (Å²) in [5.74, 6) is -0.204. The number of fused-ring (bicyclic) bond motifs is 1. The summed E-state index contributed by atoms with van der Waals surface area (Å²) in [7, 11) is 3.31. The third-order valence-corrected chi connectivity index (χ3v) is 2.64. The Morgan fingerprint density at radius 3 is 2.59 bits per heavy atom. The number of hydrogen-bond donors (Lipinski definition) is 1. The molecule has 1 amide bonds. The van der Waals surface area contributed by atoms with Crippen molar-refractivity contribution >= 4 is 16.7 Å². The van der Waals surface area contributed by atoms with Crippen molar-refractivity contribution in [1.29, 1.82) is 0 Å². The van der Waals surface area contributed by atoms with Gasteiger partial charge in [0.1, 0.15) is 5.69 Å². The molecule has 0 saturated heterocycles. The monoisotopic (exact) mass is 230 g/mol. The first kappa shape index (κ1) is 11.4. The minimum atomic E-state index is -0.226. The number of carbonyl (C=O) groups excluding carboxylic acids is 1. The fraction of sp³-hybridized carbons (Fsp3) is 0.231. The molecule has 1 aromatic carbocycles. The third-order valence-electron chi connectivity index (χ3n) is 2.64. The number of carbonyl (C=O) groups is 1. The largest absolute Gasteiger partial charge is 0.344 e. The molecule has 17 heavy (non-hydrogen) atoms. The van der Waals surface area contributed by atoms with Gasteiger partial charge < -0.3 is 9.88 Å². The lowest BCUT2D eigenvalue weighted by Crippen LogP contribution is -2.25. The van der Waals surface area contributed by atoms with E-state index in [1.165, 1.54) is 4.90 Å². The maximum atomic E-state index is 11.9. The van der Waals surface area contributed by atoms with Gasteiger partial charge in [-0.05, 0) is 24.4 Å². The predicted octanol–water partition coefficient (Wildman–Crippen LogP) is 1.54. The maximum Gasteiger partial charge on any atom is 0.269 e. The molecule has 4 heteroatoms. The van der Waals surface area contributed by atoms with Crippen LogP contribution in [0.5, 0.6) is 0 Å². The average molecular weight is 230 g/mol. The molecule has 0 aliphatic heterocycles. The Bertz CT molecular complexity index is 641. The summed E-state index contributed by atoms with van der Waals surface area (Å²) in [6.07, 6.45) is 0. The highest BCUT2D eigenvalue weighted by atomic mass is 16.2. The molecule has 0 spiro atoms. The van der Waals surface area contributed by atoms with Crippen LogP contribution in [0.1, 0.15) is 16.1 Å². The first-order chi connectivity index (χ1) is 7.99. The Morgan fingerprint density at radius 2 is 1.94 bits per heavy atom. The summed E-state index contributed by atoms with van der Waals surface area (Å²) in [5.41, 5.74) is 1.11. The van der Waals surface area contributed by atoms with E-state index in [0.717, 1.165) is 10.9 Å². The Hall–Kier alpha value is -2.10. The predicted molar refractivity (Wildman–Crippen MR) is 67.3 cm³/mol. The molecule has 88 valence electrons. The zero-order chi connectivity index (χ0) is 12.6. The minimum Gasteiger partial charge on any atom is -0.344 e. The van der Waals surface area contributed by atoms with E-state index in [1.54, 1.807) is 20.2 Å². The minimum absolute atomic E-state index is 0.204. The molecule has 0 fully saturated rings. The molecule has 0 saturated carbocycles. The molecule has 2 aromatic rings. The molecule has 2 rings (SSSR count). The summed E-state index contributed by atoms with van der Waals surface area (Å²) in [6, 6.07) is 7.30. The van der Waals surface area contributed by atoms with E-state index in [-0.39, 0.29) is 11.5 Å². The van der Waals surface area contributed by atoms with Gasteiger partial charge in [-0.15, -0.1) is 0 Å². The fourth-order valence-electron chi connectivity index (χ4n) is 1.73. The average Bonchev–Trinajstić information content (AvgIpc) is 2.28. The molecule has 1 aromatic heterocycles. The summed E-state index contributed by atoms with van der Waals surface area (Å²) in [4.78, 5) is 27.7. The molecule has 1 N–H and O–H groups in total. The molecular weight excluding hydrogens is 216 g/mol. The lowest BCUT2D eigenvalue weighted by Gasteiger charge is -2.10. The van der Waals surface area contributed by atoms with Crippen molar-refractivity contribution in [2.24, 2.45) is 0 Å². The highest BCUT2D eigenvalue weighted by Crippen LogP contribution is 2.13. The van der Waals surface area contributed by atoms with Gasteiger partial charge >= 0.3 is 0 Å². The molecular formula is C13H14N2O2. The van der Waals surface area contributed by atoms with Crippen LogP contribution >= 0.6 is 0 Å². The van der Waals surface area contributed by atoms with Crippen molar-refractivity contribution in [1.82, 2.24) is 9.88 Å². The zero-order valence-electron chi connectivity index (χ0n) is 10.1. The maximum absolute atomic E-state index is 11.9. The van der Waals surface area contributed by atoms with E-state index in [0.29, 0.717) is 11.1 Å². The van der Waals surface area contributed by atoms with Crippen LogP contribution in [0.3, 0.4) is 0 Å². The number of nitrogens with one attached hydrogen (secondary N) is 1. The van der Waals surface area contributed by atoms with Gasteiger partial charge in [0.15, 0.2) is 0 Å². The Morgan fingerprint density at radius 1 is 1.24 bits per heavy atom. The van der Waals surface area contributed by atoms with Crippen molar-refractivity contribution in [3.05, 3.63) is 45.9 Å². The van der Waals surface area contributed by atoms with Crippen LogP contribution in [0.4, 0.5) is 0 Å². The van der Waals surface area contributed by atoms with Crippen LogP contribution in [0.25, 0.3) is 10.8 Å². The van der Waals surface area contributed by atoms with Crippen molar-refractivity contribution in [3.63, 3.8) is 0 Å². The number of aryl methyl sites for hydroxylation is 1. The number of aromatic nitrogens is 1. The van der Waals surface area contributed by atoms with Crippen LogP contribution < -0.4 is 5.56 Å². The number of nitrogens with zero attached hydrogens (tertiary/aromatic N) is 1. The Kier molecular flexibility index (Phi) is 2.71. The summed E-state index contributed by atoms with van der Waals surface area (Å²) in [6.45, 7) is 1.93. The van der Waals surface area contributed by atoms with Gasteiger partial charge in [-0.25, -0.2) is 0 Å². The highest BCUT2D eigenvalue weighted by Gasteiger charge is 2.11. The number of aromatic amines is 1. The van der Waals surface area contributed by atoms with Crippen LogP contribution in [0, 0.1) is 6.92 Å². The number of H-pyrrole nitrogens is 1. The first-order valence-electron chi connectivity index (χ1n) is 5.34. The molecule has 0 aliphatic carbocycles. The second kappa shape index (κ2) is 4.05. The summed E-state index contributed by atoms with van der Waals surface area (Å²) < 4.78 is 0. The van der Waals surface area contributed by atoms with E-state index < -0.39 is 0 Å². The number of rotatable bonds is 1. The molecule has 4 nitrogen and oxygen atoms in total. The van der Waals surface area contributed by atoms with Crippen molar-refractivity contribution < 1.29 is 4.79 Å². The molecule has 0 unspecified atom stereocenters. The fourth-order valence-corrected chi connectivity index (χ4v) is 1.73. The lowest BCUT2D eigenvalue weighted by atomic mass is 10.1. The van der Waals surface area contributed by atoms with Gasteiger partial charge in [-0.1, -0.05) is 17.7 Å². The van der Waals surface area contributed by atoms with Crippen molar-refractivity contribution in [3.8, 4) is 0 Å². The van der Waals surface area contributed by atoms with E-state index in [9.17, 15) is 9.59 Å². The lowest BCUT2D eigenvalue weighted by molar-refractivity contribution is 0.0822. The third kappa shape index (κ3) is 2.06. The molecule has 0 bridgehead atoms. The quantitative estimate of drug-likeness (QED) is 0.807.